The van der Waals surface area contributed by atoms with Crippen molar-refractivity contribution in [1.29, 1.82) is 0 Å². The van der Waals surface area contributed by atoms with Gasteiger partial charge in [-0.05, 0) is 53.3 Å². The first-order valence-electron chi connectivity index (χ1n) is 9.42. The molecule has 0 atom stereocenters. The quantitative estimate of drug-likeness (QED) is 0.578. The Hall–Kier alpha value is -2.92. The van der Waals surface area contributed by atoms with E-state index in [0.29, 0.717) is 24.2 Å². The van der Waals surface area contributed by atoms with Crippen molar-refractivity contribution in [2.45, 2.75) is 32.7 Å². The number of benzene rings is 2. The molecule has 2 amide bonds. The maximum absolute atomic E-state index is 12.4. The van der Waals surface area contributed by atoms with Gasteiger partial charge in [0.2, 0.25) is 5.91 Å². The molecule has 1 heterocycles. The number of carbonyl (C=O) groups is 2. The van der Waals surface area contributed by atoms with Crippen molar-refractivity contribution in [1.82, 2.24) is 5.32 Å². The number of carbonyl (C=O) groups excluding carboxylic acids is 2. The molecule has 2 aromatic carbocycles. The van der Waals surface area contributed by atoms with E-state index >= 15 is 0 Å². The molecule has 28 heavy (non-hydrogen) atoms. The Morgan fingerprint density at radius 3 is 2.29 bits per heavy atom. The lowest BCUT2D eigenvalue weighted by atomic mass is 10.1. The van der Waals surface area contributed by atoms with Crippen molar-refractivity contribution < 1.29 is 9.59 Å². The van der Waals surface area contributed by atoms with Crippen LogP contribution in [0.15, 0.2) is 66.0 Å². The number of hydrogen-bond acceptors (Lipinski definition) is 3. The number of nitrogens with one attached hydrogen (secondary N) is 2. The molecule has 0 unspecified atom stereocenters. The van der Waals surface area contributed by atoms with Gasteiger partial charge in [-0.25, -0.2) is 0 Å². The number of hydrogen-bond donors (Lipinski definition) is 2. The molecule has 144 valence electrons. The van der Waals surface area contributed by atoms with Crippen LogP contribution in [0.2, 0.25) is 0 Å². The molecule has 0 fully saturated rings. The smallest absolute Gasteiger partial charge is 0.255 e. The first kappa shape index (κ1) is 19.8. The Kier molecular flexibility index (Phi) is 6.98. The molecule has 0 aliphatic rings. The SMILES string of the molecule is CCCc1ccc(C(=O)Nc2ccc(CC(=O)NCc3cccs3)cc2)cc1. The highest BCUT2D eigenvalue weighted by atomic mass is 32.1. The fourth-order valence-corrected chi connectivity index (χ4v) is 3.51. The third-order valence-corrected chi connectivity index (χ3v) is 5.25. The Balaban J connectivity index is 1.50. The van der Waals surface area contributed by atoms with Crippen LogP contribution in [0.3, 0.4) is 0 Å². The van der Waals surface area contributed by atoms with Gasteiger partial charge >= 0.3 is 0 Å². The van der Waals surface area contributed by atoms with Gasteiger partial charge in [0.25, 0.3) is 5.91 Å². The van der Waals surface area contributed by atoms with Gasteiger partial charge in [0, 0.05) is 16.1 Å². The zero-order valence-corrected chi connectivity index (χ0v) is 16.7. The van der Waals surface area contributed by atoms with Crippen molar-refractivity contribution >= 4 is 28.8 Å². The molecule has 3 aromatic rings. The molecule has 2 N–H and O–H groups in total. The summed E-state index contributed by atoms with van der Waals surface area (Å²) in [5, 5.41) is 7.81. The van der Waals surface area contributed by atoms with Gasteiger partial charge in [-0.1, -0.05) is 43.7 Å². The molecule has 0 bridgehead atoms. The minimum absolute atomic E-state index is 0.0163. The summed E-state index contributed by atoms with van der Waals surface area (Å²) >= 11 is 1.63. The van der Waals surface area contributed by atoms with Crippen LogP contribution in [-0.4, -0.2) is 11.8 Å². The van der Waals surface area contributed by atoms with Gasteiger partial charge in [0.05, 0.1) is 13.0 Å². The number of amides is 2. The molecular weight excluding hydrogens is 368 g/mol. The third-order valence-electron chi connectivity index (χ3n) is 4.37. The molecular formula is C23H24N2O2S. The average molecular weight is 393 g/mol. The lowest BCUT2D eigenvalue weighted by molar-refractivity contribution is -0.120. The summed E-state index contributed by atoms with van der Waals surface area (Å²) < 4.78 is 0. The maximum Gasteiger partial charge on any atom is 0.255 e. The van der Waals surface area contributed by atoms with E-state index in [1.54, 1.807) is 11.3 Å². The Bertz CT molecular complexity index is 901. The van der Waals surface area contributed by atoms with Crippen molar-refractivity contribution in [3.05, 3.63) is 87.6 Å². The van der Waals surface area contributed by atoms with Crippen LogP contribution in [0, 0.1) is 0 Å². The number of thiophene rings is 1. The van der Waals surface area contributed by atoms with Crippen molar-refractivity contribution in [3.8, 4) is 0 Å². The topological polar surface area (TPSA) is 58.2 Å². The second kappa shape index (κ2) is 9.85. The predicted molar refractivity (Wildman–Crippen MR) is 115 cm³/mol. The highest BCUT2D eigenvalue weighted by Crippen LogP contribution is 2.13. The number of aryl methyl sites for hydroxylation is 1. The molecule has 1 aromatic heterocycles. The monoisotopic (exact) mass is 392 g/mol. The largest absolute Gasteiger partial charge is 0.351 e. The fraction of sp³-hybridized carbons (Fsp3) is 0.217. The minimum Gasteiger partial charge on any atom is -0.351 e. The third kappa shape index (κ3) is 5.79. The molecule has 0 aliphatic heterocycles. The second-order valence-corrected chi connectivity index (χ2v) is 7.66. The van der Waals surface area contributed by atoms with Gasteiger partial charge in [-0.15, -0.1) is 11.3 Å². The summed E-state index contributed by atoms with van der Waals surface area (Å²) in [6.07, 6.45) is 2.42. The van der Waals surface area contributed by atoms with Gasteiger partial charge in [0.1, 0.15) is 0 Å². The highest BCUT2D eigenvalue weighted by molar-refractivity contribution is 7.09. The molecule has 0 saturated heterocycles. The van der Waals surface area contributed by atoms with Gasteiger partial charge in [-0.3, -0.25) is 9.59 Å². The van der Waals surface area contributed by atoms with Gasteiger partial charge in [0.15, 0.2) is 0 Å². The van der Waals surface area contributed by atoms with E-state index in [2.05, 4.69) is 17.6 Å². The summed E-state index contributed by atoms with van der Waals surface area (Å²) in [5.41, 5.74) is 3.49. The van der Waals surface area contributed by atoms with E-state index < -0.39 is 0 Å². The first-order valence-corrected chi connectivity index (χ1v) is 10.3. The van der Waals surface area contributed by atoms with E-state index in [-0.39, 0.29) is 11.8 Å². The van der Waals surface area contributed by atoms with Crippen molar-refractivity contribution in [2.24, 2.45) is 0 Å². The van der Waals surface area contributed by atoms with Crippen LogP contribution in [0.25, 0.3) is 0 Å². The molecule has 4 nitrogen and oxygen atoms in total. The number of anilines is 1. The van der Waals surface area contributed by atoms with Gasteiger partial charge < -0.3 is 10.6 Å². The maximum atomic E-state index is 12.4. The van der Waals surface area contributed by atoms with Crippen molar-refractivity contribution in [2.75, 3.05) is 5.32 Å². The normalized spacial score (nSPS) is 10.5. The zero-order valence-electron chi connectivity index (χ0n) is 15.9. The fourth-order valence-electron chi connectivity index (χ4n) is 2.87. The first-order chi connectivity index (χ1) is 13.6. The minimum atomic E-state index is -0.135. The Morgan fingerprint density at radius 1 is 0.929 bits per heavy atom. The zero-order chi connectivity index (χ0) is 19.8. The van der Waals surface area contributed by atoms with Crippen LogP contribution < -0.4 is 10.6 Å². The lowest BCUT2D eigenvalue weighted by Crippen LogP contribution is -2.24. The molecule has 5 heteroatoms. The second-order valence-electron chi connectivity index (χ2n) is 6.63. The van der Waals surface area contributed by atoms with E-state index in [9.17, 15) is 9.59 Å². The van der Waals surface area contributed by atoms with Crippen LogP contribution >= 0.6 is 11.3 Å². The average Bonchev–Trinajstić information content (AvgIpc) is 3.22. The van der Waals surface area contributed by atoms with Crippen LogP contribution in [0.1, 0.15) is 39.7 Å². The van der Waals surface area contributed by atoms with Crippen molar-refractivity contribution in [3.63, 3.8) is 0 Å². The standard InChI is InChI=1S/C23H24N2O2S/c1-2-4-17-6-10-19(11-7-17)23(27)25-20-12-8-18(9-13-20)15-22(26)24-16-21-5-3-14-28-21/h3,5-14H,2,4,15-16H2,1H3,(H,24,26)(H,25,27). The molecule has 0 aliphatic carbocycles. The van der Waals surface area contributed by atoms with E-state index in [1.807, 2.05) is 66.0 Å². The molecule has 3 rings (SSSR count). The van der Waals surface area contributed by atoms with E-state index in [1.165, 1.54) is 5.56 Å². The van der Waals surface area contributed by atoms with E-state index in [4.69, 9.17) is 0 Å². The van der Waals surface area contributed by atoms with Crippen LogP contribution in [0.5, 0.6) is 0 Å². The molecule has 0 spiro atoms. The van der Waals surface area contributed by atoms with E-state index in [0.717, 1.165) is 23.3 Å². The predicted octanol–water partition coefficient (Wildman–Crippen LogP) is 4.81. The van der Waals surface area contributed by atoms with Crippen LogP contribution in [-0.2, 0) is 24.2 Å². The summed E-state index contributed by atoms with van der Waals surface area (Å²) in [7, 11) is 0. The Morgan fingerprint density at radius 2 is 1.64 bits per heavy atom. The lowest BCUT2D eigenvalue weighted by Gasteiger charge is -2.08. The summed E-state index contributed by atoms with van der Waals surface area (Å²) in [6.45, 7) is 2.69. The Labute approximate surface area is 169 Å². The van der Waals surface area contributed by atoms with Crippen LogP contribution in [0.4, 0.5) is 5.69 Å². The highest BCUT2D eigenvalue weighted by Gasteiger charge is 2.07. The summed E-state index contributed by atoms with van der Waals surface area (Å²) in [5.74, 6) is -0.151. The summed E-state index contributed by atoms with van der Waals surface area (Å²) in [6, 6.07) is 19.1. The molecule has 0 saturated carbocycles. The van der Waals surface area contributed by atoms with Gasteiger partial charge in [-0.2, -0.15) is 0 Å². The summed E-state index contributed by atoms with van der Waals surface area (Å²) in [4.78, 5) is 25.6. The molecule has 0 radical (unpaired) electrons. The number of rotatable bonds is 8.